The number of aryl methyl sites for hydroxylation is 1. The number of methoxy groups -OCH3 is 1. The third kappa shape index (κ3) is 5.83. The molecule has 0 unspecified atom stereocenters. The van der Waals surface area contributed by atoms with Crippen LogP contribution in [0.1, 0.15) is 49.7 Å². The van der Waals surface area contributed by atoms with E-state index in [1.54, 1.807) is 0 Å². The molecule has 0 heterocycles. The second kappa shape index (κ2) is 10.1. The highest BCUT2D eigenvalue weighted by Gasteiger charge is 2.27. The van der Waals surface area contributed by atoms with E-state index in [4.69, 9.17) is 10.5 Å². The number of amides is 1. The summed E-state index contributed by atoms with van der Waals surface area (Å²) in [5.74, 6) is 0.0373. The van der Waals surface area contributed by atoms with Crippen LogP contribution in [0.4, 0.5) is 11.4 Å². The van der Waals surface area contributed by atoms with Gasteiger partial charge in [-0.2, -0.15) is 0 Å². The molecule has 3 rings (SSSR count). The van der Waals surface area contributed by atoms with Crippen LogP contribution in [0.25, 0.3) is 0 Å². The lowest BCUT2D eigenvalue weighted by atomic mass is 9.88. The number of hydrogen-bond donors (Lipinski definition) is 1. The second-order valence-electron chi connectivity index (χ2n) is 7.75. The minimum atomic E-state index is -0.229. The van der Waals surface area contributed by atoms with E-state index in [2.05, 4.69) is 0 Å². The first kappa shape index (κ1) is 20.9. The highest BCUT2D eigenvalue weighted by Crippen LogP contribution is 2.29. The smallest absolute Gasteiger partial charge is 0.305 e. The van der Waals surface area contributed by atoms with E-state index < -0.39 is 0 Å². The topological polar surface area (TPSA) is 72.6 Å². The van der Waals surface area contributed by atoms with E-state index in [9.17, 15) is 9.59 Å². The van der Waals surface area contributed by atoms with Crippen molar-refractivity contribution in [1.82, 2.24) is 0 Å². The molecule has 0 spiro atoms. The van der Waals surface area contributed by atoms with Crippen LogP contribution in [0, 0.1) is 5.92 Å². The van der Waals surface area contributed by atoms with E-state index in [0.717, 1.165) is 42.5 Å². The molecule has 1 aliphatic rings. The lowest BCUT2D eigenvalue weighted by Crippen LogP contribution is -2.36. The summed E-state index contributed by atoms with van der Waals surface area (Å²) in [6, 6.07) is 15.6. The summed E-state index contributed by atoms with van der Waals surface area (Å²) in [6.45, 7) is 0.510. The van der Waals surface area contributed by atoms with Gasteiger partial charge in [-0.1, -0.05) is 43.5 Å². The number of rotatable bonds is 7. The molecule has 1 aliphatic carbocycles. The summed E-state index contributed by atoms with van der Waals surface area (Å²) in [6.07, 6.45) is 6.28. The zero-order valence-electron chi connectivity index (χ0n) is 17.1. The summed E-state index contributed by atoms with van der Waals surface area (Å²) < 4.78 is 4.74. The third-order valence-electron chi connectivity index (χ3n) is 5.61. The van der Waals surface area contributed by atoms with E-state index in [-0.39, 0.29) is 17.8 Å². The number of ether oxygens (including phenoxy) is 1. The first-order chi connectivity index (χ1) is 14.1. The fourth-order valence-electron chi connectivity index (χ4n) is 3.90. The number of nitrogens with zero attached hydrogens (tertiary/aromatic N) is 1. The molecule has 29 heavy (non-hydrogen) atoms. The van der Waals surface area contributed by atoms with Crippen LogP contribution >= 0.6 is 0 Å². The van der Waals surface area contributed by atoms with Gasteiger partial charge in [0.2, 0.25) is 5.91 Å². The van der Waals surface area contributed by atoms with Crippen molar-refractivity contribution in [2.45, 2.75) is 51.5 Å². The molecule has 0 aromatic heterocycles. The normalized spacial score (nSPS) is 14.4. The van der Waals surface area contributed by atoms with Crippen molar-refractivity contribution >= 4 is 23.3 Å². The molecule has 0 aliphatic heterocycles. The van der Waals surface area contributed by atoms with Gasteiger partial charge in [0.15, 0.2) is 0 Å². The average Bonchev–Trinajstić information content (AvgIpc) is 2.77. The molecular formula is C24H30N2O3. The van der Waals surface area contributed by atoms with E-state index in [1.165, 1.54) is 13.5 Å². The van der Waals surface area contributed by atoms with Crippen molar-refractivity contribution in [2.24, 2.45) is 5.92 Å². The van der Waals surface area contributed by atoms with Crippen molar-refractivity contribution < 1.29 is 14.3 Å². The SMILES string of the molecule is COC(=O)CCc1cccc(N(Cc2ccc(N)cc2)C(=O)C2CCCCC2)c1. The number of anilines is 2. The molecule has 2 aromatic rings. The molecular weight excluding hydrogens is 364 g/mol. The van der Waals surface area contributed by atoms with Crippen molar-refractivity contribution in [2.75, 3.05) is 17.7 Å². The molecule has 5 heteroatoms. The number of hydrogen-bond acceptors (Lipinski definition) is 4. The van der Waals surface area contributed by atoms with Gasteiger partial charge in [-0.25, -0.2) is 0 Å². The zero-order valence-corrected chi connectivity index (χ0v) is 17.1. The maximum absolute atomic E-state index is 13.4. The van der Waals surface area contributed by atoms with Gasteiger partial charge in [-0.05, 0) is 54.7 Å². The van der Waals surface area contributed by atoms with Crippen LogP contribution < -0.4 is 10.6 Å². The molecule has 1 saturated carbocycles. The van der Waals surface area contributed by atoms with Crippen LogP contribution in [-0.4, -0.2) is 19.0 Å². The van der Waals surface area contributed by atoms with E-state index in [1.807, 2.05) is 53.4 Å². The van der Waals surface area contributed by atoms with Crippen molar-refractivity contribution in [3.05, 3.63) is 59.7 Å². The Morgan fingerprint density at radius 1 is 1.03 bits per heavy atom. The van der Waals surface area contributed by atoms with Gasteiger partial charge in [0, 0.05) is 23.7 Å². The van der Waals surface area contributed by atoms with Gasteiger partial charge in [0.1, 0.15) is 0 Å². The molecule has 0 saturated heterocycles. The number of nitrogens with two attached hydrogens (primary N) is 1. The maximum Gasteiger partial charge on any atom is 0.305 e. The predicted octanol–water partition coefficient (Wildman–Crippen LogP) is 4.49. The lowest BCUT2D eigenvalue weighted by Gasteiger charge is -2.30. The fourth-order valence-corrected chi connectivity index (χ4v) is 3.90. The van der Waals surface area contributed by atoms with Crippen molar-refractivity contribution in [3.63, 3.8) is 0 Å². The highest BCUT2D eigenvalue weighted by atomic mass is 16.5. The monoisotopic (exact) mass is 394 g/mol. The van der Waals surface area contributed by atoms with Gasteiger partial charge in [0.05, 0.1) is 13.7 Å². The molecule has 5 nitrogen and oxygen atoms in total. The Morgan fingerprint density at radius 3 is 2.45 bits per heavy atom. The van der Waals surface area contributed by atoms with Crippen LogP contribution in [0.2, 0.25) is 0 Å². The maximum atomic E-state index is 13.4. The van der Waals surface area contributed by atoms with E-state index >= 15 is 0 Å². The van der Waals surface area contributed by atoms with Crippen LogP contribution in [0.15, 0.2) is 48.5 Å². The molecule has 2 N–H and O–H groups in total. The van der Waals surface area contributed by atoms with Crippen LogP contribution in [-0.2, 0) is 27.3 Å². The van der Waals surface area contributed by atoms with Gasteiger partial charge in [0.25, 0.3) is 0 Å². The molecule has 0 bridgehead atoms. The summed E-state index contributed by atoms with van der Waals surface area (Å²) in [7, 11) is 1.40. The first-order valence-electron chi connectivity index (χ1n) is 10.4. The fraction of sp³-hybridized carbons (Fsp3) is 0.417. The van der Waals surface area contributed by atoms with Crippen molar-refractivity contribution in [1.29, 1.82) is 0 Å². The zero-order chi connectivity index (χ0) is 20.6. The first-order valence-corrected chi connectivity index (χ1v) is 10.4. The van der Waals surface area contributed by atoms with Crippen LogP contribution in [0.3, 0.4) is 0 Å². The summed E-state index contributed by atoms with van der Waals surface area (Å²) in [5.41, 5.74) is 9.47. The van der Waals surface area contributed by atoms with Crippen molar-refractivity contribution in [3.8, 4) is 0 Å². The Labute approximate surface area is 172 Å². The molecule has 0 atom stereocenters. The summed E-state index contributed by atoms with van der Waals surface area (Å²) in [4.78, 5) is 26.8. The van der Waals surface area contributed by atoms with E-state index in [0.29, 0.717) is 25.1 Å². The number of carbonyl (C=O) groups is 2. The molecule has 1 fully saturated rings. The molecule has 154 valence electrons. The minimum absolute atomic E-state index is 0.0799. The van der Waals surface area contributed by atoms with Gasteiger partial charge >= 0.3 is 5.97 Å². The standard InChI is InChI=1S/C24H30N2O3/c1-29-23(27)15-12-18-6-5-9-22(16-18)26(17-19-10-13-21(25)14-11-19)24(28)20-7-3-2-4-8-20/h5-6,9-11,13-14,16,20H,2-4,7-8,12,15,17,25H2,1H3. The average molecular weight is 395 g/mol. The minimum Gasteiger partial charge on any atom is -0.469 e. The Bertz CT molecular complexity index is 826. The Morgan fingerprint density at radius 2 is 1.76 bits per heavy atom. The lowest BCUT2D eigenvalue weighted by molar-refractivity contribution is -0.140. The number of carbonyl (C=O) groups excluding carboxylic acids is 2. The molecule has 0 radical (unpaired) electrons. The Kier molecular flexibility index (Phi) is 7.28. The molecule has 2 aromatic carbocycles. The predicted molar refractivity (Wildman–Crippen MR) is 115 cm³/mol. The highest BCUT2D eigenvalue weighted by molar-refractivity contribution is 5.95. The second-order valence-corrected chi connectivity index (χ2v) is 7.75. The molecule has 1 amide bonds. The summed E-state index contributed by atoms with van der Waals surface area (Å²) in [5, 5.41) is 0. The number of nitrogen functional groups attached to an aromatic ring is 1. The Balaban J connectivity index is 1.84. The quantitative estimate of drug-likeness (QED) is 0.555. The summed E-state index contributed by atoms with van der Waals surface area (Å²) >= 11 is 0. The van der Waals surface area contributed by atoms with Gasteiger partial charge in [-0.3, -0.25) is 9.59 Å². The number of esters is 1. The van der Waals surface area contributed by atoms with Crippen LogP contribution in [0.5, 0.6) is 0 Å². The van der Waals surface area contributed by atoms with Gasteiger partial charge in [-0.15, -0.1) is 0 Å². The van der Waals surface area contributed by atoms with Gasteiger partial charge < -0.3 is 15.4 Å². The largest absolute Gasteiger partial charge is 0.469 e. The number of benzene rings is 2. The Hall–Kier alpha value is -2.82. The third-order valence-corrected chi connectivity index (χ3v) is 5.61.